The predicted octanol–water partition coefficient (Wildman–Crippen LogP) is 1.56. The van der Waals surface area contributed by atoms with Crippen LogP contribution in [0.4, 0.5) is 0 Å². The average Bonchev–Trinajstić information content (AvgIpc) is 2.75. The van der Waals surface area contributed by atoms with Gasteiger partial charge in [0, 0.05) is 29.9 Å². The maximum absolute atomic E-state index is 12.5. The van der Waals surface area contributed by atoms with E-state index in [0.717, 1.165) is 6.42 Å². The summed E-state index contributed by atoms with van der Waals surface area (Å²) in [6.45, 7) is 5.62. The van der Waals surface area contributed by atoms with Gasteiger partial charge >= 0.3 is 5.97 Å². The van der Waals surface area contributed by atoms with Crippen LogP contribution in [0.1, 0.15) is 46.5 Å². The zero-order valence-corrected chi connectivity index (χ0v) is 13.1. The van der Waals surface area contributed by atoms with E-state index in [9.17, 15) is 19.8 Å². The summed E-state index contributed by atoms with van der Waals surface area (Å²) in [6.07, 6.45) is 2.20. The molecule has 1 aliphatic carbocycles. The number of nitrogens with zero attached hydrogens (tertiary/aromatic N) is 1. The second-order valence-corrected chi connectivity index (χ2v) is 7.41. The van der Waals surface area contributed by atoms with Crippen molar-refractivity contribution in [1.29, 1.82) is 0 Å². The van der Waals surface area contributed by atoms with Crippen molar-refractivity contribution < 1.29 is 19.8 Å². The Hall–Kier alpha value is -1.20. The van der Waals surface area contributed by atoms with E-state index in [0.29, 0.717) is 24.8 Å². The molecule has 0 radical (unpaired) electrons. The summed E-state index contributed by atoms with van der Waals surface area (Å²) in [5, 5.41) is 20.5. The Morgan fingerprint density at radius 3 is 2.57 bits per heavy atom. The van der Waals surface area contributed by atoms with E-state index in [2.05, 4.69) is 6.92 Å². The van der Waals surface area contributed by atoms with Crippen LogP contribution in [0.3, 0.4) is 0 Å². The number of carboxylic acid groups (broad SMARTS) is 1. The number of hydrogen-bond donors (Lipinski definition) is 2. The summed E-state index contributed by atoms with van der Waals surface area (Å²) < 4.78 is 0. The minimum absolute atomic E-state index is 0.0111. The maximum Gasteiger partial charge on any atom is 0.331 e. The first-order valence-electron chi connectivity index (χ1n) is 7.50. The van der Waals surface area contributed by atoms with Crippen LogP contribution in [0.15, 0.2) is 11.1 Å². The Balaban J connectivity index is 2.19. The molecule has 0 aromatic heterocycles. The minimum atomic E-state index is -1.30. The fourth-order valence-electron chi connectivity index (χ4n) is 5.00. The molecule has 3 rings (SSSR count). The second kappa shape index (κ2) is 3.96. The van der Waals surface area contributed by atoms with Crippen molar-refractivity contribution in [2.45, 2.75) is 58.2 Å². The number of carbonyl (C=O) groups excluding carboxylic acids is 1. The molecule has 2 aliphatic heterocycles. The number of Topliss-reactive ketones (excluding diaryl/α,β-unsaturated/α-hetero) is 1. The number of rotatable bonds is 1. The first kappa shape index (κ1) is 14.7. The monoisotopic (exact) mass is 293 g/mol. The number of carboxylic acids is 1. The summed E-state index contributed by atoms with van der Waals surface area (Å²) in [5.41, 5.74) is -1.29. The van der Waals surface area contributed by atoms with Crippen molar-refractivity contribution in [3.05, 3.63) is 11.1 Å². The Kier molecular flexibility index (Phi) is 2.77. The molecule has 2 heterocycles. The molecular formula is C16H23NO4. The zero-order chi connectivity index (χ0) is 15.8. The summed E-state index contributed by atoms with van der Waals surface area (Å²) in [5.74, 6) is -0.790. The van der Waals surface area contributed by atoms with Gasteiger partial charge in [0.05, 0.1) is 0 Å². The van der Waals surface area contributed by atoms with Gasteiger partial charge in [0.15, 0.2) is 0 Å². The van der Waals surface area contributed by atoms with Crippen molar-refractivity contribution in [2.24, 2.45) is 10.8 Å². The number of aliphatic hydroxyl groups is 1. The lowest BCUT2D eigenvalue weighted by molar-refractivity contribution is -0.177. The number of likely N-dealkylation sites (N-methyl/N-ethyl adjacent to an activating group) is 1. The van der Waals surface area contributed by atoms with Gasteiger partial charge in [0.1, 0.15) is 11.5 Å². The largest absolute Gasteiger partial charge is 0.478 e. The summed E-state index contributed by atoms with van der Waals surface area (Å²) in [7, 11) is 1.85. The average molecular weight is 293 g/mol. The van der Waals surface area contributed by atoms with Gasteiger partial charge in [-0.15, -0.1) is 0 Å². The number of hydrogen-bond acceptors (Lipinski definition) is 4. The fraction of sp³-hybridized carbons (Fsp3) is 0.750. The Morgan fingerprint density at radius 1 is 1.38 bits per heavy atom. The predicted molar refractivity (Wildman–Crippen MR) is 76.5 cm³/mol. The summed E-state index contributed by atoms with van der Waals surface area (Å²) in [4.78, 5) is 25.7. The van der Waals surface area contributed by atoms with E-state index in [1.807, 2.05) is 18.9 Å². The van der Waals surface area contributed by atoms with Gasteiger partial charge in [-0.05, 0) is 37.8 Å². The Morgan fingerprint density at radius 2 is 2.00 bits per heavy atom. The molecule has 3 aliphatic rings. The first-order chi connectivity index (χ1) is 9.58. The smallest absolute Gasteiger partial charge is 0.331 e. The van der Waals surface area contributed by atoms with Crippen LogP contribution < -0.4 is 0 Å². The van der Waals surface area contributed by atoms with Gasteiger partial charge in [0.25, 0.3) is 0 Å². The summed E-state index contributed by atoms with van der Waals surface area (Å²) in [6, 6.07) is 0.0111. The highest BCUT2D eigenvalue weighted by molar-refractivity contribution is 5.90. The molecule has 21 heavy (non-hydrogen) atoms. The van der Waals surface area contributed by atoms with Crippen LogP contribution in [-0.2, 0) is 9.59 Å². The van der Waals surface area contributed by atoms with E-state index < -0.39 is 17.1 Å². The van der Waals surface area contributed by atoms with Crippen molar-refractivity contribution in [3.8, 4) is 0 Å². The van der Waals surface area contributed by atoms with Crippen LogP contribution in [0, 0.1) is 10.8 Å². The molecule has 0 amide bonds. The van der Waals surface area contributed by atoms with Crippen LogP contribution in [0.2, 0.25) is 0 Å². The molecule has 5 nitrogen and oxygen atoms in total. The van der Waals surface area contributed by atoms with E-state index >= 15 is 0 Å². The quantitative estimate of drug-likeness (QED) is 0.717. The SMILES string of the molecule is C/C(C(=O)O)=C1\CC2N(C)C1(O)C[C@]1(C)C(=O)CC[C@]21C. The van der Waals surface area contributed by atoms with Gasteiger partial charge in [0.2, 0.25) is 0 Å². The molecule has 2 saturated heterocycles. The molecule has 0 spiro atoms. The third kappa shape index (κ3) is 1.48. The molecule has 0 aromatic rings. The van der Waals surface area contributed by atoms with Crippen LogP contribution >= 0.6 is 0 Å². The van der Waals surface area contributed by atoms with E-state index in [1.54, 1.807) is 6.92 Å². The molecule has 2 unspecified atom stereocenters. The first-order valence-corrected chi connectivity index (χ1v) is 7.50. The standard InChI is InChI=1S/C16H23NO4/c1-9(13(19)20)10-7-11-14(2)6-5-12(18)15(14,3)8-16(10,21)17(11)4/h11,21H,5-8H2,1-4H3,(H,19,20)/b10-9-/t11?,14-,15-,16?/m1/s1. The number of carbonyl (C=O) groups is 2. The fourth-order valence-corrected chi connectivity index (χ4v) is 5.00. The molecule has 4 atom stereocenters. The molecular weight excluding hydrogens is 270 g/mol. The normalized spacial score (nSPS) is 48.4. The van der Waals surface area contributed by atoms with Gasteiger partial charge < -0.3 is 10.2 Å². The van der Waals surface area contributed by atoms with Crippen molar-refractivity contribution in [2.75, 3.05) is 7.05 Å². The zero-order valence-electron chi connectivity index (χ0n) is 13.1. The third-order valence-electron chi connectivity index (χ3n) is 6.79. The van der Waals surface area contributed by atoms with Gasteiger partial charge in [-0.1, -0.05) is 13.8 Å². The third-order valence-corrected chi connectivity index (χ3v) is 6.79. The minimum Gasteiger partial charge on any atom is -0.478 e. The number of piperidine rings is 1. The molecule has 5 heteroatoms. The molecule has 116 valence electrons. The number of ketones is 1. The number of fused-ring (bicyclic) bond motifs is 4. The Bertz CT molecular complexity index is 583. The second-order valence-electron chi connectivity index (χ2n) is 7.41. The lowest BCUT2D eigenvalue weighted by atomic mass is 9.59. The molecule has 3 fully saturated rings. The van der Waals surface area contributed by atoms with E-state index in [-0.39, 0.29) is 22.8 Å². The van der Waals surface area contributed by atoms with Crippen LogP contribution in [-0.4, -0.2) is 45.7 Å². The highest BCUT2D eigenvalue weighted by Gasteiger charge is 2.70. The Labute approximate surface area is 124 Å². The molecule has 0 aromatic carbocycles. The molecule has 1 saturated carbocycles. The van der Waals surface area contributed by atoms with Crippen molar-refractivity contribution >= 4 is 11.8 Å². The van der Waals surface area contributed by atoms with Gasteiger partial charge in [-0.2, -0.15) is 0 Å². The highest BCUT2D eigenvalue weighted by Crippen LogP contribution is 2.66. The van der Waals surface area contributed by atoms with E-state index in [1.165, 1.54) is 0 Å². The van der Waals surface area contributed by atoms with Gasteiger partial charge in [-0.3, -0.25) is 9.69 Å². The lowest BCUT2D eigenvalue weighted by Gasteiger charge is -2.55. The van der Waals surface area contributed by atoms with Crippen molar-refractivity contribution in [3.63, 3.8) is 0 Å². The maximum atomic E-state index is 12.5. The topological polar surface area (TPSA) is 77.8 Å². The van der Waals surface area contributed by atoms with Gasteiger partial charge in [-0.25, -0.2) is 4.79 Å². The van der Waals surface area contributed by atoms with Crippen LogP contribution in [0.5, 0.6) is 0 Å². The number of aliphatic carboxylic acids is 1. The van der Waals surface area contributed by atoms with Crippen molar-refractivity contribution in [1.82, 2.24) is 4.90 Å². The molecule has 2 N–H and O–H groups in total. The lowest BCUT2D eigenvalue weighted by Crippen LogP contribution is -2.63. The summed E-state index contributed by atoms with van der Waals surface area (Å²) >= 11 is 0. The van der Waals surface area contributed by atoms with E-state index in [4.69, 9.17) is 0 Å². The van der Waals surface area contributed by atoms with Crippen LogP contribution in [0.25, 0.3) is 0 Å². The molecule has 2 bridgehead atoms. The highest BCUT2D eigenvalue weighted by atomic mass is 16.4.